The first kappa shape index (κ1) is 34.9. The number of benzene rings is 3. The maximum atomic E-state index is 12.9. The van der Waals surface area contributed by atoms with Gasteiger partial charge in [-0.3, -0.25) is 14.4 Å². The van der Waals surface area contributed by atoms with Crippen molar-refractivity contribution in [2.75, 3.05) is 35.6 Å². The Kier molecular flexibility index (Phi) is 11.1. The molecule has 5 rings (SSSR count). The van der Waals surface area contributed by atoms with Gasteiger partial charge in [-0.05, 0) is 79.8 Å². The zero-order valence-electron chi connectivity index (χ0n) is 25.9. The topological polar surface area (TPSA) is 159 Å². The minimum absolute atomic E-state index is 0.0214. The number of amides is 3. The second kappa shape index (κ2) is 15.6. The molecular formula is C33H32ClF3N8O4. The number of hydrogen-bond donors (Lipinski definition) is 5. The van der Waals surface area contributed by atoms with Crippen LogP contribution in [0.3, 0.4) is 0 Å². The Hall–Kier alpha value is -5.44. The second-order valence-corrected chi connectivity index (χ2v) is 11.6. The second-order valence-electron chi connectivity index (χ2n) is 11.1. The Bertz CT molecular complexity index is 1760. The number of nitrogens with zero attached hydrogens (tertiary/aromatic N) is 3. The third-order valence-corrected chi connectivity index (χ3v) is 7.55. The largest absolute Gasteiger partial charge is 0.454 e. The zero-order valence-corrected chi connectivity index (χ0v) is 26.7. The number of hydrogen-bond acceptors (Lipinski definition) is 9. The Morgan fingerprint density at radius 3 is 2.08 bits per heavy atom. The SMILES string of the molecule is O=C(NCCCCNC(=O)c1ccc(Nc2nc(NC3(c4ccc(Cl)cc4)CC3)nc(OCC(F)(F)F)n2)cc1)C(=O)Nc1ccccc1. The van der Waals surface area contributed by atoms with Crippen LogP contribution in [0.2, 0.25) is 5.02 Å². The van der Waals surface area contributed by atoms with Crippen molar-refractivity contribution in [2.45, 2.75) is 37.4 Å². The summed E-state index contributed by atoms with van der Waals surface area (Å²) in [5.74, 6) is -1.89. The van der Waals surface area contributed by atoms with Gasteiger partial charge in [-0.25, -0.2) is 0 Å². The van der Waals surface area contributed by atoms with Crippen LogP contribution in [0.4, 0.5) is 36.4 Å². The van der Waals surface area contributed by atoms with E-state index in [-0.39, 0.29) is 24.3 Å². The van der Waals surface area contributed by atoms with Crippen molar-refractivity contribution in [2.24, 2.45) is 0 Å². The number of nitrogens with one attached hydrogen (secondary N) is 5. The molecule has 3 amide bonds. The number of rotatable bonds is 14. The molecule has 3 aromatic carbocycles. The fraction of sp³-hybridized carbons (Fsp3) is 0.273. The third-order valence-electron chi connectivity index (χ3n) is 7.29. The van der Waals surface area contributed by atoms with E-state index in [1.807, 2.05) is 12.1 Å². The Labute approximate surface area is 284 Å². The molecule has 1 saturated carbocycles. The highest BCUT2D eigenvalue weighted by molar-refractivity contribution is 6.39. The van der Waals surface area contributed by atoms with E-state index in [0.717, 1.165) is 18.4 Å². The van der Waals surface area contributed by atoms with Gasteiger partial charge in [0.05, 0.1) is 5.54 Å². The van der Waals surface area contributed by atoms with Crippen LogP contribution < -0.4 is 31.3 Å². The van der Waals surface area contributed by atoms with Gasteiger partial charge in [0.1, 0.15) is 0 Å². The molecule has 1 fully saturated rings. The predicted molar refractivity (Wildman–Crippen MR) is 177 cm³/mol. The quantitative estimate of drug-likeness (QED) is 0.0839. The van der Waals surface area contributed by atoms with Crippen LogP contribution in [0.25, 0.3) is 0 Å². The van der Waals surface area contributed by atoms with Gasteiger partial charge in [0.15, 0.2) is 6.61 Å². The molecule has 16 heteroatoms. The molecule has 256 valence electrons. The molecule has 1 aromatic heterocycles. The highest BCUT2D eigenvalue weighted by atomic mass is 35.5. The summed E-state index contributed by atoms with van der Waals surface area (Å²) in [6.45, 7) is -0.983. The van der Waals surface area contributed by atoms with Crippen molar-refractivity contribution in [1.29, 1.82) is 0 Å². The molecule has 0 aliphatic heterocycles. The van der Waals surface area contributed by atoms with Gasteiger partial charge in [0.2, 0.25) is 11.9 Å². The van der Waals surface area contributed by atoms with Gasteiger partial charge in [0.25, 0.3) is 5.91 Å². The zero-order chi connectivity index (χ0) is 34.9. The molecule has 0 atom stereocenters. The van der Waals surface area contributed by atoms with Crippen LogP contribution in [0, 0.1) is 0 Å². The van der Waals surface area contributed by atoms with Crippen LogP contribution in [-0.4, -0.2) is 58.5 Å². The summed E-state index contributed by atoms with van der Waals surface area (Å²) in [5.41, 5.74) is 1.76. The number of carbonyl (C=O) groups excluding carboxylic acids is 3. The molecule has 49 heavy (non-hydrogen) atoms. The lowest BCUT2D eigenvalue weighted by Crippen LogP contribution is -2.36. The number of alkyl halides is 3. The molecule has 12 nitrogen and oxygen atoms in total. The number of carbonyl (C=O) groups is 3. The summed E-state index contributed by atoms with van der Waals surface area (Å²) in [7, 11) is 0. The van der Waals surface area contributed by atoms with Crippen molar-refractivity contribution >= 4 is 52.6 Å². The lowest BCUT2D eigenvalue weighted by atomic mass is 10.1. The number of anilines is 4. The first-order valence-electron chi connectivity index (χ1n) is 15.3. The first-order valence-corrected chi connectivity index (χ1v) is 15.7. The lowest BCUT2D eigenvalue weighted by molar-refractivity contribution is -0.154. The van der Waals surface area contributed by atoms with Crippen molar-refractivity contribution in [3.63, 3.8) is 0 Å². The molecular weight excluding hydrogens is 665 g/mol. The summed E-state index contributed by atoms with van der Waals surface area (Å²) in [6.07, 6.45) is -2.01. The fourth-order valence-electron chi connectivity index (χ4n) is 4.65. The van der Waals surface area contributed by atoms with E-state index in [2.05, 4.69) is 41.5 Å². The van der Waals surface area contributed by atoms with Crippen LogP contribution in [-0.2, 0) is 15.1 Å². The number of unbranched alkanes of at least 4 members (excludes halogenated alkanes) is 1. The predicted octanol–water partition coefficient (Wildman–Crippen LogP) is 5.58. The van der Waals surface area contributed by atoms with Gasteiger partial charge in [-0.2, -0.15) is 28.1 Å². The molecule has 0 bridgehead atoms. The van der Waals surface area contributed by atoms with Gasteiger partial charge >= 0.3 is 24.0 Å². The number of ether oxygens (including phenoxy) is 1. The standard InChI is InChI=1S/C33H32ClF3N8O4/c34-23-12-10-22(11-13-23)32(16-17-32)45-30-42-29(43-31(44-30)49-20-33(35,36)37)41-25-14-8-21(9-15-25)26(46)38-18-4-5-19-39-27(47)28(48)40-24-6-2-1-3-7-24/h1-3,6-15H,4-5,16-20H2,(H,38,46)(H,39,47)(H,40,48)(H2,41,42,43,44,45). The third kappa shape index (κ3) is 10.5. The maximum Gasteiger partial charge on any atom is 0.422 e. The van der Waals surface area contributed by atoms with Crippen LogP contribution >= 0.6 is 11.6 Å². The molecule has 0 saturated heterocycles. The van der Waals surface area contributed by atoms with Gasteiger partial charge < -0.3 is 31.3 Å². The monoisotopic (exact) mass is 696 g/mol. The average molecular weight is 697 g/mol. The summed E-state index contributed by atoms with van der Waals surface area (Å²) in [4.78, 5) is 48.9. The van der Waals surface area contributed by atoms with Crippen molar-refractivity contribution in [1.82, 2.24) is 25.6 Å². The van der Waals surface area contributed by atoms with E-state index >= 15 is 0 Å². The normalized spacial score (nSPS) is 13.1. The van der Waals surface area contributed by atoms with Crippen LogP contribution in [0.15, 0.2) is 78.9 Å². The molecule has 5 N–H and O–H groups in total. The fourth-order valence-corrected chi connectivity index (χ4v) is 4.78. The van der Waals surface area contributed by atoms with E-state index in [0.29, 0.717) is 41.3 Å². The molecule has 0 unspecified atom stereocenters. The van der Waals surface area contributed by atoms with Gasteiger partial charge in [-0.1, -0.05) is 41.9 Å². The van der Waals surface area contributed by atoms with E-state index in [1.165, 1.54) is 0 Å². The molecule has 1 heterocycles. The highest BCUT2D eigenvalue weighted by Crippen LogP contribution is 2.48. The highest BCUT2D eigenvalue weighted by Gasteiger charge is 2.45. The Balaban J connectivity index is 1.11. The Morgan fingerprint density at radius 2 is 1.43 bits per heavy atom. The summed E-state index contributed by atoms with van der Waals surface area (Å²) in [5, 5.41) is 14.5. The summed E-state index contributed by atoms with van der Waals surface area (Å²) < 4.78 is 43.5. The van der Waals surface area contributed by atoms with Crippen molar-refractivity contribution in [3.8, 4) is 6.01 Å². The summed E-state index contributed by atoms with van der Waals surface area (Å²) >= 11 is 6.02. The van der Waals surface area contributed by atoms with E-state index in [1.54, 1.807) is 66.7 Å². The van der Waals surface area contributed by atoms with Crippen molar-refractivity contribution < 1.29 is 32.3 Å². The van der Waals surface area contributed by atoms with Crippen LogP contribution in [0.1, 0.15) is 41.6 Å². The molecule has 0 radical (unpaired) electrons. The number of para-hydroxylation sites is 1. The summed E-state index contributed by atoms with van der Waals surface area (Å²) in [6, 6.07) is 21.6. The first-order chi connectivity index (χ1) is 23.5. The van der Waals surface area contributed by atoms with Gasteiger partial charge in [0, 0.05) is 35.1 Å². The molecule has 4 aromatic rings. The van der Waals surface area contributed by atoms with E-state index in [4.69, 9.17) is 16.3 Å². The van der Waals surface area contributed by atoms with Gasteiger partial charge in [-0.15, -0.1) is 0 Å². The average Bonchev–Trinajstić information content (AvgIpc) is 3.86. The van der Waals surface area contributed by atoms with E-state index in [9.17, 15) is 27.6 Å². The number of halogens is 4. The Morgan fingerprint density at radius 1 is 0.776 bits per heavy atom. The molecule has 0 spiro atoms. The lowest BCUT2D eigenvalue weighted by Gasteiger charge is -2.19. The maximum absolute atomic E-state index is 12.9. The smallest absolute Gasteiger partial charge is 0.422 e. The van der Waals surface area contributed by atoms with Crippen molar-refractivity contribution in [3.05, 3.63) is 95.0 Å². The van der Waals surface area contributed by atoms with E-state index < -0.39 is 36.1 Å². The minimum atomic E-state index is -4.60. The molecule has 1 aliphatic carbocycles. The van der Waals surface area contributed by atoms with Crippen LogP contribution in [0.5, 0.6) is 6.01 Å². The molecule has 1 aliphatic rings. The number of aromatic nitrogens is 3. The minimum Gasteiger partial charge on any atom is -0.454 e.